The van der Waals surface area contributed by atoms with E-state index in [1.54, 1.807) is 18.2 Å². The van der Waals surface area contributed by atoms with Crippen LogP contribution < -0.4 is 4.72 Å². The average Bonchev–Trinajstić information content (AvgIpc) is 3.40. The van der Waals surface area contributed by atoms with Gasteiger partial charge in [-0.05, 0) is 75.3 Å². The molecule has 0 spiro atoms. The second-order valence-electron chi connectivity index (χ2n) is 8.72. The first-order chi connectivity index (χ1) is 15.9. The molecule has 2 aromatic heterocycles. The third-order valence-corrected chi connectivity index (χ3v) is 8.01. The molecule has 174 valence electrons. The van der Waals surface area contributed by atoms with Gasteiger partial charge in [0.15, 0.2) is 5.58 Å². The van der Waals surface area contributed by atoms with E-state index in [0.29, 0.717) is 22.9 Å². The Morgan fingerprint density at radius 2 is 1.97 bits per heavy atom. The maximum Gasteiger partial charge on any atom is 0.240 e. The fraction of sp³-hybridized carbons (Fsp3) is 0.375. The monoisotopic (exact) mass is 470 g/mol. The van der Waals surface area contributed by atoms with Gasteiger partial charge < -0.3 is 14.0 Å². The van der Waals surface area contributed by atoms with E-state index in [0.717, 1.165) is 60.9 Å². The van der Waals surface area contributed by atoms with Crippen molar-refractivity contribution in [1.29, 1.82) is 0 Å². The first-order valence-corrected chi connectivity index (χ1v) is 12.7. The van der Waals surface area contributed by atoms with E-state index < -0.39 is 10.0 Å². The van der Waals surface area contributed by atoms with Crippen LogP contribution in [0, 0.1) is 5.82 Å². The molecule has 0 unspecified atom stereocenters. The third kappa shape index (κ3) is 4.53. The molecule has 5 rings (SSSR count). The summed E-state index contributed by atoms with van der Waals surface area (Å²) in [5, 5.41) is 6.00. The molecule has 0 atom stereocenters. The van der Waals surface area contributed by atoms with Crippen molar-refractivity contribution in [3.05, 3.63) is 60.2 Å². The summed E-state index contributed by atoms with van der Waals surface area (Å²) in [5.74, 6) is -0.0318. The highest BCUT2D eigenvalue weighted by atomic mass is 32.2. The highest BCUT2D eigenvalue weighted by Crippen LogP contribution is 2.32. The minimum absolute atomic E-state index is 0.291. The van der Waals surface area contributed by atoms with Crippen molar-refractivity contribution in [2.45, 2.75) is 30.1 Å². The molecule has 0 aliphatic carbocycles. The highest BCUT2D eigenvalue weighted by Gasteiger charge is 2.25. The van der Waals surface area contributed by atoms with Crippen LogP contribution in [-0.4, -0.2) is 49.2 Å². The first-order valence-electron chi connectivity index (χ1n) is 11.2. The first kappa shape index (κ1) is 22.1. The lowest BCUT2D eigenvalue weighted by Crippen LogP contribution is -2.35. The molecule has 9 heteroatoms. The van der Waals surface area contributed by atoms with Crippen LogP contribution in [0.2, 0.25) is 0 Å². The molecule has 1 N–H and O–H groups in total. The van der Waals surface area contributed by atoms with E-state index >= 15 is 0 Å². The molecule has 7 nitrogen and oxygen atoms in total. The Kier molecular flexibility index (Phi) is 5.94. The number of aromatic nitrogens is 2. The number of sulfonamides is 1. The van der Waals surface area contributed by atoms with Crippen molar-refractivity contribution < 1.29 is 17.3 Å². The van der Waals surface area contributed by atoms with Gasteiger partial charge in [-0.2, -0.15) is 0 Å². The Labute approximate surface area is 192 Å². The summed E-state index contributed by atoms with van der Waals surface area (Å²) in [5.41, 5.74) is 2.40. The normalized spacial score (nSPS) is 16.2. The average molecular weight is 471 g/mol. The molecule has 33 heavy (non-hydrogen) atoms. The molecule has 1 fully saturated rings. The summed E-state index contributed by atoms with van der Waals surface area (Å²) in [6.07, 6.45) is 4.55. The van der Waals surface area contributed by atoms with Crippen molar-refractivity contribution in [3.8, 4) is 0 Å². The fourth-order valence-electron chi connectivity index (χ4n) is 4.67. The van der Waals surface area contributed by atoms with Gasteiger partial charge in [0.2, 0.25) is 10.0 Å². The van der Waals surface area contributed by atoms with Crippen LogP contribution in [0.25, 0.3) is 21.9 Å². The Hall–Kier alpha value is -2.75. The van der Waals surface area contributed by atoms with Crippen LogP contribution in [0.3, 0.4) is 0 Å². The predicted molar refractivity (Wildman–Crippen MR) is 125 cm³/mol. The molecular formula is C24H27FN4O3S. The summed E-state index contributed by atoms with van der Waals surface area (Å²) < 4.78 is 48.7. The number of halogens is 1. The van der Waals surface area contributed by atoms with Gasteiger partial charge in [0.1, 0.15) is 5.82 Å². The lowest BCUT2D eigenvalue weighted by Gasteiger charge is -2.31. The predicted octanol–water partition coefficient (Wildman–Crippen LogP) is 4.01. The molecule has 0 saturated carbocycles. The van der Waals surface area contributed by atoms with Crippen molar-refractivity contribution in [3.63, 3.8) is 0 Å². The van der Waals surface area contributed by atoms with Crippen molar-refractivity contribution >= 4 is 31.9 Å². The quantitative estimate of drug-likeness (QED) is 0.413. The molecule has 4 aromatic rings. The number of nitrogens with one attached hydrogen (secondary N) is 1. The molecule has 0 bridgehead atoms. The molecule has 2 aromatic carbocycles. The van der Waals surface area contributed by atoms with Gasteiger partial charge in [-0.15, -0.1) is 0 Å². The number of hydrogen-bond donors (Lipinski definition) is 1. The van der Waals surface area contributed by atoms with Gasteiger partial charge >= 0.3 is 0 Å². The molecule has 1 aliphatic heterocycles. The lowest BCUT2D eigenvalue weighted by molar-refractivity contribution is 0.208. The van der Waals surface area contributed by atoms with Crippen LogP contribution in [-0.2, 0) is 17.1 Å². The Morgan fingerprint density at radius 3 is 2.79 bits per heavy atom. The summed E-state index contributed by atoms with van der Waals surface area (Å²) >= 11 is 0. The van der Waals surface area contributed by atoms with Crippen LogP contribution in [0.1, 0.15) is 30.9 Å². The molecule has 3 heterocycles. The van der Waals surface area contributed by atoms with Crippen LogP contribution in [0.15, 0.2) is 58.1 Å². The van der Waals surface area contributed by atoms with Gasteiger partial charge in [0.25, 0.3) is 0 Å². The molecule has 1 saturated heterocycles. The molecular weight excluding hydrogens is 443 g/mol. The van der Waals surface area contributed by atoms with Gasteiger partial charge in [-0.3, -0.25) is 0 Å². The summed E-state index contributed by atoms with van der Waals surface area (Å²) in [7, 11) is -1.59. The SMILES string of the molecule is Cn1ccc2cc(S(=O)(=O)NCCCN3CCC(c4noc5cc(F)ccc45)CC3)ccc21. The van der Waals surface area contributed by atoms with E-state index in [2.05, 4.69) is 14.8 Å². The van der Waals surface area contributed by atoms with E-state index in [1.165, 1.54) is 12.1 Å². The summed E-state index contributed by atoms with van der Waals surface area (Å²) in [4.78, 5) is 2.64. The van der Waals surface area contributed by atoms with Crippen molar-refractivity contribution in [2.75, 3.05) is 26.2 Å². The summed E-state index contributed by atoms with van der Waals surface area (Å²) in [6.45, 7) is 3.06. The van der Waals surface area contributed by atoms with Crippen LogP contribution in [0.5, 0.6) is 0 Å². The second-order valence-corrected chi connectivity index (χ2v) is 10.5. The minimum atomic E-state index is -3.53. The van der Waals surface area contributed by atoms with Crippen molar-refractivity contribution in [1.82, 2.24) is 19.3 Å². The Balaban J connectivity index is 1.11. The number of fused-ring (bicyclic) bond motifs is 2. The Bertz CT molecular complexity index is 1390. The number of aryl methyl sites for hydroxylation is 1. The van der Waals surface area contributed by atoms with Gasteiger partial charge in [0.05, 0.1) is 10.6 Å². The fourth-order valence-corrected chi connectivity index (χ4v) is 5.78. The zero-order valence-corrected chi connectivity index (χ0v) is 19.3. The van der Waals surface area contributed by atoms with E-state index in [-0.39, 0.29) is 5.82 Å². The highest BCUT2D eigenvalue weighted by molar-refractivity contribution is 7.89. The molecule has 0 radical (unpaired) electrons. The lowest BCUT2D eigenvalue weighted by atomic mass is 9.91. The van der Waals surface area contributed by atoms with E-state index in [1.807, 2.05) is 29.9 Å². The van der Waals surface area contributed by atoms with Crippen LogP contribution >= 0.6 is 0 Å². The van der Waals surface area contributed by atoms with E-state index in [9.17, 15) is 12.8 Å². The van der Waals surface area contributed by atoms with Crippen LogP contribution in [0.4, 0.5) is 4.39 Å². The standard InChI is InChI=1S/C24H27FN4O3S/c1-28-12-7-18-15-20(4-6-22(18)28)33(30,31)26-10-2-11-29-13-8-17(9-14-29)24-21-5-3-19(25)16-23(21)32-27-24/h3-7,12,15-17,26H,2,8-11,13-14H2,1H3. The third-order valence-electron chi connectivity index (χ3n) is 6.55. The second kappa shape index (κ2) is 8.89. The van der Waals surface area contributed by atoms with Crippen molar-refractivity contribution in [2.24, 2.45) is 7.05 Å². The van der Waals surface area contributed by atoms with Gasteiger partial charge in [0, 0.05) is 48.1 Å². The number of likely N-dealkylation sites (tertiary alicyclic amines) is 1. The number of rotatable bonds is 7. The minimum Gasteiger partial charge on any atom is -0.356 e. The molecule has 0 amide bonds. The zero-order chi connectivity index (χ0) is 23.0. The number of hydrogen-bond acceptors (Lipinski definition) is 5. The maximum atomic E-state index is 13.4. The number of nitrogens with zero attached hydrogens (tertiary/aromatic N) is 3. The zero-order valence-electron chi connectivity index (χ0n) is 18.5. The van der Waals surface area contributed by atoms with E-state index in [4.69, 9.17) is 4.52 Å². The van der Waals surface area contributed by atoms with Gasteiger partial charge in [-0.25, -0.2) is 17.5 Å². The largest absolute Gasteiger partial charge is 0.356 e. The molecule has 1 aliphatic rings. The Morgan fingerprint density at radius 1 is 1.15 bits per heavy atom. The topological polar surface area (TPSA) is 80.4 Å². The maximum absolute atomic E-state index is 13.4. The number of benzene rings is 2. The number of piperidine rings is 1. The summed E-state index contributed by atoms with van der Waals surface area (Å²) in [6, 6.07) is 11.7. The smallest absolute Gasteiger partial charge is 0.240 e. The van der Waals surface area contributed by atoms with Gasteiger partial charge in [-0.1, -0.05) is 5.16 Å².